The van der Waals surface area contributed by atoms with Crippen molar-refractivity contribution >= 4 is 11.8 Å². The molecule has 0 bridgehead atoms. The molecule has 0 N–H and O–H groups in total. The zero-order chi connectivity index (χ0) is 15.6. The maximum atomic E-state index is 12.8. The van der Waals surface area contributed by atoms with Gasteiger partial charge in [0.1, 0.15) is 12.1 Å². The first-order valence-corrected chi connectivity index (χ1v) is 7.64. The van der Waals surface area contributed by atoms with Crippen molar-refractivity contribution in [2.45, 2.75) is 44.9 Å². The second-order valence-corrected chi connectivity index (χ2v) is 6.18. The first-order valence-electron chi connectivity index (χ1n) is 7.64. The Balaban J connectivity index is 2.22. The minimum atomic E-state index is -0.388. The molecule has 2 heterocycles. The summed E-state index contributed by atoms with van der Waals surface area (Å²) in [7, 11) is 3.21. The molecule has 3 atom stereocenters. The number of hydrogen-bond acceptors (Lipinski definition) is 4. The number of amides is 2. The van der Waals surface area contributed by atoms with Gasteiger partial charge in [0, 0.05) is 20.8 Å². The molecule has 0 radical (unpaired) electrons. The zero-order valence-corrected chi connectivity index (χ0v) is 13.4. The number of carbonyl (C=O) groups excluding carboxylic acids is 2. The summed E-state index contributed by atoms with van der Waals surface area (Å²) >= 11 is 0. The lowest BCUT2D eigenvalue weighted by atomic mass is 9.95. The number of carbonyl (C=O) groups is 2. The second kappa shape index (κ2) is 6.75. The van der Waals surface area contributed by atoms with Crippen LogP contribution in [-0.2, 0) is 19.1 Å². The topological polar surface area (TPSA) is 59.1 Å². The predicted octanol–water partition coefficient (Wildman–Crippen LogP) is 0.506. The van der Waals surface area contributed by atoms with E-state index < -0.39 is 0 Å². The first-order chi connectivity index (χ1) is 10.0. The quantitative estimate of drug-likeness (QED) is 0.717. The molecular formula is C15H26N2O4. The first kappa shape index (κ1) is 16.2. The summed E-state index contributed by atoms with van der Waals surface area (Å²) in [5.74, 6) is 0.228. The molecule has 6 nitrogen and oxygen atoms in total. The normalized spacial score (nSPS) is 27.5. The molecule has 0 aromatic heterocycles. The van der Waals surface area contributed by atoms with E-state index in [9.17, 15) is 9.59 Å². The van der Waals surface area contributed by atoms with Crippen molar-refractivity contribution in [3.05, 3.63) is 0 Å². The highest BCUT2D eigenvalue weighted by Gasteiger charge is 2.48. The highest BCUT2D eigenvalue weighted by molar-refractivity contribution is 5.97. The van der Waals surface area contributed by atoms with Crippen molar-refractivity contribution in [3.8, 4) is 0 Å². The van der Waals surface area contributed by atoms with Crippen LogP contribution < -0.4 is 0 Å². The second-order valence-electron chi connectivity index (χ2n) is 6.18. The molecule has 2 saturated heterocycles. The molecule has 2 amide bonds. The van der Waals surface area contributed by atoms with Crippen LogP contribution >= 0.6 is 0 Å². The highest BCUT2D eigenvalue weighted by atomic mass is 16.5. The molecule has 21 heavy (non-hydrogen) atoms. The van der Waals surface area contributed by atoms with Crippen LogP contribution in [0.1, 0.15) is 26.7 Å². The molecule has 0 aliphatic carbocycles. The number of fused-ring (bicyclic) bond motifs is 1. The molecule has 2 aliphatic heterocycles. The SMILES string of the molecule is COCC(CN1C(=O)C2CCCN2C(=O)C1C(C)C)OC. The molecule has 0 spiro atoms. The van der Waals surface area contributed by atoms with Gasteiger partial charge < -0.3 is 19.3 Å². The number of nitrogens with zero attached hydrogens (tertiary/aromatic N) is 2. The standard InChI is InChI=1S/C15H26N2O4/c1-10(2)13-15(19)16-7-5-6-12(16)14(18)17(13)8-11(21-4)9-20-3/h10-13H,5-9H2,1-4H3. The average Bonchev–Trinajstić information content (AvgIpc) is 2.93. The van der Waals surface area contributed by atoms with Gasteiger partial charge in [-0.05, 0) is 18.8 Å². The van der Waals surface area contributed by atoms with Crippen LogP contribution in [0.15, 0.2) is 0 Å². The van der Waals surface area contributed by atoms with Gasteiger partial charge in [0.2, 0.25) is 11.8 Å². The minimum Gasteiger partial charge on any atom is -0.382 e. The van der Waals surface area contributed by atoms with E-state index in [-0.39, 0.29) is 35.9 Å². The summed E-state index contributed by atoms with van der Waals surface area (Å²) in [5, 5.41) is 0. The summed E-state index contributed by atoms with van der Waals surface area (Å²) in [5.41, 5.74) is 0. The number of piperazine rings is 1. The summed E-state index contributed by atoms with van der Waals surface area (Å²) in [6.45, 7) is 5.49. The van der Waals surface area contributed by atoms with Gasteiger partial charge in [-0.2, -0.15) is 0 Å². The fraction of sp³-hybridized carbons (Fsp3) is 0.867. The Labute approximate surface area is 126 Å². The van der Waals surface area contributed by atoms with Gasteiger partial charge >= 0.3 is 0 Å². The minimum absolute atomic E-state index is 0.0592. The Morgan fingerprint density at radius 2 is 1.95 bits per heavy atom. The molecule has 0 aromatic carbocycles. The number of hydrogen-bond donors (Lipinski definition) is 0. The molecule has 3 unspecified atom stereocenters. The van der Waals surface area contributed by atoms with Crippen molar-refractivity contribution < 1.29 is 19.1 Å². The van der Waals surface area contributed by atoms with E-state index in [1.807, 2.05) is 13.8 Å². The lowest BCUT2D eigenvalue weighted by molar-refractivity contribution is -0.163. The Hall–Kier alpha value is -1.14. The van der Waals surface area contributed by atoms with E-state index >= 15 is 0 Å². The Bertz CT molecular complexity index is 399. The van der Waals surface area contributed by atoms with Crippen LogP contribution in [0.25, 0.3) is 0 Å². The predicted molar refractivity (Wildman–Crippen MR) is 77.7 cm³/mol. The lowest BCUT2D eigenvalue weighted by Gasteiger charge is -2.44. The number of ether oxygens (including phenoxy) is 2. The maximum Gasteiger partial charge on any atom is 0.246 e. The molecular weight excluding hydrogens is 272 g/mol. The molecule has 0 saturated carbocycles. The maximum absolute atomic E-state index is 12.8. The summed E-state index contributed by atoms with van der Waals surface area (Å²) in [6.07, 6.45) is 1.47. The third-order valence-corrected chi connectivity index (χ3v) is 4.41. The van der Waals surface area contributed by atoms with Crippen LogP contribution in [0, 0.1) is 5.92 Å². The zero-order valence-electron chi connectivity index (χ0n) is 13.4. The monoisotopic (exact) mass is 298 g/mol. The summed E-state index contributed by atoms with van der Waals surface area (Å²) in [6, 6.07) is -0.658. The van der Waals surface area contributed by atoms with Gasteiger partial charge in [0.05, 0.1) is 19.3 Å². The van der Waals surface area contributed by atoms with Crippen molar-refractivity contribution in [1.82, 2.24) is 9.80 Å². The summed E-state index contributed by atoms with van der Waals surface area (Å²) < 4.78 is 10.5. The molecule has 120 valence electrons. The van der Waals surface area contributed by atoms with E-state index in [1.54, 1.807) is 24.0 Å². The van der Waals surface area contributed by atoms with Crippen LogP contribution in [0.5, 0.6) is 0 Å². The highest BCUT2D eigenvalue weighted by Crippen LogP contribution is 2.30. The van der Waals surface area contributed by atoms with Gasteiger partial charge in [0.15, 0.2) is 0 Å². The third kappa shape index (κ3) is 3.06. The van der Waals surface area contributed by atoms with Crippen molar-refractivity contribution in [2.24, 2.45) is 5.92 Å². The van der Waals surface area contributed by atoms with E-state index in [0.717, 1.165) is 12.8 Å². The summed E-state index contributed by atoms with van der Waals surface area (Å²) in [4.78, 5) is 28.9. The van der Waals surface area contributed by atoms with Gasteiger partial charge in [-0.3, -0.25) is 9.59 Å². The fourth-order valence-electron chi connectivity index (χ4n) is 3.37. The fourth-order valence-corrected chi connectivity index (χ4v) is 3.37. The van der Waals surface area contributed by atoms with E-state index in [0.29, 0.717) is 19.7 Å². The van der Waals surface area contributed by atoms with Gasteiger partial charge in [0.25, 0.3) is 0 Å². The largest absolute Gasteiger partial charge is 0.382 e. The van der Waals surface area contributed by atoms with E-state index in [1.165, 1.54) is 0 Å². The van der Waals surface area contributed by atoms with Crippen LogP contribution in [0.4, 0.5) is 0 Å². The van der Waals surface area contributed by atoms with E-state index in [4.69, 9.17) is 9.47 Å². The average molecular weight is 298 g/mol. The van der Waals surface area contributed by atoms with Gasteiger partial charge in [-0.15, -0.1) is 0 Å². The van der Waals surface area contributed by atoms with Crippen molar-refractivity contribution in [3.63, 3.8) is 0 Å². The molecule has 6 heteroatoms. The van der Waals surface area contributed by atoms with E-state index in [2.05, 4.69) is 0 Å². The molecule has 0 aromatic rings. The van der Waals surface area contributed by atoms with Crippen molar-refractivity contribution in [1.29, 1.82) is 0 Å². The van der Waals surface area contributed by atoms with Crippen LogP contribution in [0.3, 0.4) is 0 Å². The molecule has 2 aliphatic rings. The van der Waals surface area contributed by atoms with Gasteiger partial charge in [-0.25, -0.2) is 0 Å². The number of methoxy groups -OCH3 is 2. The molecule has 2 rings (SSSR count). The van der Waals surface area contributed by atoms with Crippen LogP contribution in [0.2, 0.25) is 0 Å². The smallest absolute Gasteiger partial charge is 0.246 e. The molecule has 2 fully saturated rings. The lowest BCUT2D eigenvalue weighted by Crippen LogP contribution is -2.65. The number of rotatable bonds is 6. The van der Waals surface area contributed by atoms with Gasteiger partial charge in [-0.1, -0.05) is 13.8 Å². The Morgan fingerprint density at radius 1 is 1.24 bits per heavy atom. The Kier molecular flexibility index (Phi) is 5.22. The van der Waals surface area contributed by atoms with Crippen LogP contribution in [-0.4, -0.2) is 73.7 Å². The van der Waals surface area contributed by atoms with Crippen molar-refractivity contribution in [2.75, 3.05) is 33.9 Å². The third-order valence-electron chi connectivity index (χ3n) is 4.41. The Morgan fingerprint density at radius 3 is 2.52 bits per heavy atom.